The molecule has 12 heavy (non-hydrogen) atoms. The van der Waals surface area contributed by atoms with Crippen LogP contribution in [-0.2, 0) is 0 Å². The smallest absolute Gasteiger partial charge is 0.0561 e. The fraction of sp³-hybridized carbons (Fsp3) is 1.00. The first-order chi connectivity index (χ1) is 5.81. The predicted octanol–water partition coefficient (Wildman–Crippen LogP) is 2.14. The Kier molecular flexibility index (Phi) is 2.93. The van der Waals surface area contributed by atoms with Crippen LogP contribution in [0.3, 0.4) is 0 Å². The van der Waals surface area contributed by atoms with Gasteiger partial charge in [-0.15, -0.1) is 0 Å². The molecular weight excluding hydrogens is 188 g/mol. The van der Waals surface area contributed by atoms with E-state index in [1.807, 2.05) is 0 Å². The van der Waals surface area contributed by atoms with Crippen LogP contribution >= 0.6 is 23.5 Å². The van der Waals surface area contributed by atoms with Gasteiger partial charge in [-0.05, 0) is 42.9 Å². The van der Waals surface area contributed by atoms with Gasteiger partial charge in [0.15, 0.2) is 0 Å². The van der Waals surface area contributed by atoms with E-state index in [1.165, 1.54) is 30.1 Å². The lowest BCUT2D eigenvalue weighted by molar-refractivity contribution is 0.139. The van der Waals surface area contributed by atoms with Gasteiger partial charge in [0.2, 0.25) is 0 Å². The van der Waals surface area contributed by atoms with Crippen molar-refractivity contribution in [2.45, 2.75) is 36.5 Å². The highest BCUT2D eigenvalue weighted by Crippen LogP contribution is 2.45. The maximum atomic E-state index is 9.61. The highest BCUT2D eigenvalue weighted by Gasteiger charge is 2.37. The van der Waals surface area contributed by atoms with Gasteiger partial charge in [0, 0.05) is 4.75 Å². The van der Waals surface area contributed by atoms with E-state index in [-0.39, 0.29) is 6.10 Å². The highest BCUT2D eigenvalue weighted by molar-refractivity contribution is 8.01. The summed E-state index contributed by atoms with van der Waals surface area (Å²) >= 11 is 4.19. The summed E-state index contributed by atoms with van der Waals surface area (Å²) in [6.45, 7) is 0. The Balaban J connectivity index is 1.97. The molecule has 2 aliphatic heterocycles. The van der Waals surface area contributed by atoms with Crippen LogP contribution in [0.1, 0.15) is 25.7 Å². The third-order valence-corrected chi connectivity index (χ3v) is 5.48. The maximum Gasteiger partial charge on any atom is 0.0561 e. The van der Waals surface area contributed by atoms with Crippen LogP contribution < -0.4 is 0 Å². The third-order valence-electron chi connectivity index (χ3n) is 2.87. The Labute approximate surface area is 82.7 Å². The number of aliphatic hydroxyl groups is 1. The second kappa shape index (κ2) is 3.81. The molecule has 2 saturated heterocycles. The van der Waals surface area contributed by atoms with E-state index >= 15 is 0 Å². The molecule has 0 saturated carbocycles. The van der Waals surface area contributed by atoms with Crippen molar-refractivity contribution in [2.75, 3.05) is 17.3 Å². The molecule has 0 aromatic rings. The third kappa shape index (κ3) is 1.94. The van der Waals surface area contributed by atoms with Crippen molar-refractivity contribution in [1.82, 2.24) is 0 Å². The molecule has 0 radical (unpaired) electrons. The molecule has 0 aromatic carbocycles. The van der Waals surface area contributed by atoms with Gasteiger partial charge in [-0.25, -0.2) is 0 Å². The molecule has 0 amide bonds. The van der Waals surface area contributed by atoms with Gasteiger partial charge >= 0.3 is 0 Å². The van der Waals surface area contributed by atoms with Gasteiger partial charge in [0.1, 0.15) is 0 Å². The molecular formula is C9H16OS2. The lowest BCUT2D eigenvalue weighted by atomic mass is 9.93. The zero-order valence-corrected chi connectivity index (χ0v) is 8.92. The van der Waals surface area contributed by atoms with Crippen molar-refractivity contribution in [1.29, 1.82) is 0 Å². The Hall–Kier alpha value is 0.660. The Morgan fingerprint density at radius 1 is 1.17 bits per heavy atom. The molecule has 0 bridgehead atoms. The standard InChI is InChI=1S/C9H16OS2/c10-8-1-4-12-9(7-8)2-5-11-6-3-9/h8,10H,1-7H2. The molecule has 0 aromatic heterocycles. The maximum absolute atomic E-state index is 9.61. The normalized spacial score (nSPS) is 35.2. The number of thioether (sulfide) groups is 2. The molecule has 2 aliphatic rings. The largest absolute Gasteiger partial charge is 0.393 e. The molecule has 1 atom stereocenters. The minimum atomic E-state index is -0.00523. The van der Waals surface area contributed by atoms with Crippen LogP contribution in [0.15, 0.2) is 0 Å². The Bertz CT molecular complexity index is 149. The topological polar surface area (TPSA) is 20.2 Å². The van der Waals surface area contributed by atoms with Gasteiger partial charge in [0.25, 0.3) is 0 Å². The van der Waals surface area contributed by atoms with Gasteiger partial charge in [-0.3, -0.25) is 0 Å². The molecule has 1 spiro atoms. The summed E-state index contributed by atoms with van der Waals surface area (Å²) in [5.74, 6) is 3.78. The van der Waals surface area contributed by atoms with Gasteiger partial charge in [-0.2, -0.15) is 23.5 Å². The van der Waals surface area contributed by atoms with Crippen LogP contribution in [0, 0.1) is 0 Å². The monoisotopic (exact) mass is 204 g/mol. The van der Waals surface area contributed by atoms with Gasteiger partial charge in [-0.1, -0.05) is 0 Å². The average molecular weight is 204 g/mol. The number of hydrogen-bond acceptors (Lipinski definition) is 3. The SMILES string of the molecule is OC1CCSC2(CCSCC2)C1. The summed E-state index contributed by atoms with van der Waals surface area (Å²) in [5.41, 5.74) is 0. The molecule has 1 nitrogen and oxygen atoms in total. The van der Waals surface area contributed by atoms with E-state index in [2.05, 4.69) is 23.5 Å². The zero-order valence-electron chi connectivity index (χ0n) is 7.29. The number of hydrogen-bond donors (Lipinski definition) is 1. The molecule has 2 rings (SSSR count). The van der Waals surface area contributed by atoms with Gasteiger partial charge in [0.05, 0.1) is 6.10 Å². The summed E-state index contributed by atoms with van der Waals surface area (Å²) in [6, 6.07) is 0. The molecule has 2 heterocycles. The van der Waals surface area contributed by atoms with Crippen molar-refractivity contribution in [3.8, 4) is 0 Å². The molecule has 1 N–H and O–H groups in total. The quantitative estimate of drug-likeness (QED) is 0.653. The first-order valence-corrected chi connectivity index (χ1v) is 6.85. The van der Waals surface area contributed by atoms with E-state index in [9.17, 15) is 5.11 Å². The summed E-state index contributed by atoms with van der Waals surface area (Å²) < 4.78 is 0.475. The van der Waals surface area contributed by atoms with E-state index in [4.69, 9.17) is 0 Å². The average Bonchev–Trinajstić information content (AvgIpc) is 2.05. The van der Waals surface area contributed by atoms with Crippen LogP contribution in [0.4, 0.5) is 0 Å². The summed E-state index contributed by atoms with van der Waals surface area (Å²) in [4.78, 5) is 0. The lowest BCUT2D eigenvalue weighted by Gasteiger charge is -2.41. The van der Waals surface area contributed by atoms with E-state index < -0.39 is 0 Å². The molecule has 1 unspecified atom stereocenters. The fourth-order valence-corrected chi connectivity index (χ4v) is 5.25. The zero-order chi connectivity index (χ0) is 8.44. The van der Waals surface area contributed by atoms with Crippen LogP contribution in [0.2, 0.25) is 0 Å². The molecule has 0 aliphatic carbocycles. The highest BCUT2D eigenvalue weighted by atomic mass is 32.2. The van der Waals surface area contributed by atoms with Crippen LogP contribution in [-0.4, -0.2) is 33.2 Å². The Morgan fingerprint density at radius 3 is 2.58 bits per heavy atom. The summed E-state index contributed by atoms with van der Waals surface area (Å²) in [7, 11) is 0. The second-order valence-electron chi connectivity index (χ2n) is 3.79. The predicted molar refractivity (Wildman–Crippen MR) is 57.0 cm³/mol. The molecule has 2 fully saturated rings. The van der Waals surface area contributed by atoms with Crippen molar-refractivity contribution in [3.63, 3.8) is 0 Å². The number of aliphatic hydroxyl groups excluding tert-OH is 1. The first kappa shape index (κ1) is 9.22. The lowest BCUT2D eigenvalue weighted by Crippen LogP contribution is -2.38. The summed E-state index contributed by atoms with van der Waals surface area (Å²) in [5, 5.41) is 9.61. The molecule has 3 heteroatoms. The van der Waals surface area contributed by atoms with Gasteiger partial charge < -0.3 is 5.11 Å². The Morgan fingerprint density at radius 2 is 1.92 bits per heavy atom. The van der Waals surface area contributed by atoms with E-state index in [0.717, 1.165) is 12.8 Å². The minimum absolute atomic E-state index is 0.00523. The summed E-state index contributed by atoms with van der Waals surface area (Å²) in [6.07, 6.45) is 4.70. The van der Waals surface area contributed by atoms with Crippen molar-refractivity contribution in [2.24, 2.45) is 0 Å². The fourth-order valence-electron chi connectivity index (χ4n) is 2.09. The van der Waals surface area contributed by atoms with Crippen molar-refractivity contribution in [3.05, 3.63) is 0 Å². The van der Waals surface area contributed by atoms with Crippen LogP contribution in [0.25, 0.3) is 0 Å². The van der Waals surface area contributed by atoms with Crippen molar-refractivity contribution < 1.29 is 5.11 Å². The second-order valence-corrected chi connectivity index (χ2v) is 6.58. The minimum Gasteiger partial charge on any atom is -0.393 e. The number of rotatable bonds is 0. The van der Waals surface area contributed by atoms with Crippen LogP contribution in [0.5, 0.6) is 0 Å². The molecule has 70 valence electrons. The van der Waals surface area contributed by atoms with E-state index in [0.29, 0.717) is 4.75 Å². The first-order valence-electron chi connectivity index (χ1n) is 4.71. The van der Waals surface area contributed by atoms with Crippen molar-refractivity contribution >= 4 is 23.5 Å². The van der Waals surface area contributed by atoms with E-state index in [1.54, 1.807) is 0 Å².